The average molecular weight is 361 g/mol. The van der Waals surface area contributed by atoms with Gasteiger partial charge in [0.25, 0.3) is 0 Å². The van der Waals surface area contributed by atoms with Crippen molar-refractivity contribution in [3.8, 4) is 17.2 Å². The fourth-order valence-corrected chi connectivity index (χ4v) is 3.73. The minimum absolute atomic E-state index is 0.536. The number of nitrogens with zero attached hydrogens (tertiary/aromatic N) is 1. The number of fused-ring (bicyclic) bond motifs is 1. The second-order valence-electron chi connectivity index (χ2n) is 6.92. The normalized spacial score (nSPS) is 13.2. The van der Waals surface area contributed by atoms with Gasteiger partial charge in [-0.15, -0.1) is 0 Å². The third kappa shape index (κ3) is 3.65. The number of aldehydes is 1. The first kappa shape index (κ1) is 17.5. The molecule has 4 nitrogen and oxygen atoms in total. The molecule has 0 spiro atoms. The van der Waals surface area contributed by atoms with Crippen LogP contribution >= 0.6 is 0 Å². The highest BCUT2D eigenvalue weighted by atomic mass is 16.5. The summed E-state index contributed by atoms with van der Waals surface area (Å²) < 4.78 is 11.9. The molecule has 27 heavy (non-hydrogen) atoms. The SMILES string of the molecule is Cc1oc(-c2ccccc2)nc1CCOc1ccc(C=O)c2c1CCCC2. The van der Waals surface area contributed by atoms with Gasteiger partial charge in [-0.2, -0.15) is 0 Å². The summed E-state index contributed by atoms with van der Waals surface area (Å²) in [5, 5.41) is 0. The average Bonchev–Trinajstić information content (AvgIpc) is 3.09. The molecule has 0 atom stereocenters. The number of carbonyl (C=O) groups is 1. The van der Waals surface area contributed by atoms with Crippen molar-refractivity contribution in [2.45, 2.75) is 39.0 Å². The summed E-state index contributed by atoms with van der Waals surface area (Å²) in [4.78, 5) is 15.9. The molecule has 0 unspecified atom stereocenters. The van der Waals surface area contributed by atoms with Gasteiger partial charge in [0.05, 0.1) is 12.3 Å². The number of ether oxygens (including phenoxy) is 1. The fourth-order valence-electron chi connectivity index (χ4n) is 3.73. The molecule has 0 N–H and O–H groups in total. The lowest BCUT2D eigenvalue weighted by Crippen LogP contribution is -2.11. The molecule has 1 aliphatic rings. The van der Waals surface area contributed by atoms with Crippen LogP contribution in [0.3, 0.4) is 0 Å². The maximum Gasteiger partial charge on any atom is 0.226 e. The lowest BCUT2D eigenvalue weighted by molar-refractivity contribution is 0.112. The molecule has 2 aromatic carbocycles. The van der Waals surface area contributed by atoms with Gasteiger partial charge >= 0.3 is 0 Å². The zero-order chi connectivity index (χ0) is 18.6. The molecule has 1 heterocycles. The molecule has 4 heteroatoms. The Balaban J connectivity index is 1.46. The molecule has 0 bridgehead atoms. The maximum absolute atomic E-state index is 11.3. The van der Waals surface area contributed by atoms with Gasteiger partial charge in [-0.25, -0.2) is 4.98 Å². The van der Waals surface area contributed by atoms with Crippen LogP contribution in [0.4, 0.5) is 0 Å². The van der Waals surface area contributed by atoms with E-state index >= 15 is 0 Å². The highest BCUT2D eigenvalue weighted by Gasteiger charge is 2.18. The van der Waals surface area contributed by atoms with Crippen LogP contribution in [0.5, 0.6) is 5.75 Å². The monoisotopic (exact) mass is 361 g/mol. The van der Waals surface area contributed by atoms with E-state index in [9.17, 15) is 4.79 Å². The van der Waals surface area contributed by atoms with Crippen LogP contribution in [0.1, 0.15) is 45.8 Å². The quantitative estimate of drug-likeness (QED) is 0.582. The molecule has 0 fully saturated rings. The predicted molar refractivity (Wildman–Crippen MR) is 104 cm³/mol. The van der Waals surface area contributed by atoms with Crippen molar-refractivity contribution < 1.29 is 13.9 Å². The molecule has 3 aromatic rings. The summed E-state index contributed by atoms with van der Waals surface area (Å²) in [6, 6.07) is 13.7. The molecule has 1 aromatic heterocycles. The topological polar surface area (TPSA) is 52.3 Å². The van der Waals surface area contributed by atoms with Crippen LogP contribution in [0, 0.1) is 6.92 Å². The highest BCUT2D eigenvalue weighted by Crippen LogP contribution is 2.32. The second kappa shape index (κ2) is 7.78. The van der Waals surface area contributed by atoms with E-state index < -0.39 is 0 Å². The molecule has 4 rings (SSSR count). The maximum atomic E-state index is 11.3. The Labute approximate surface area is 159 Å². The molecule has 0 aliphatic heterocycles. The molecule has 1 aliphatic carbocycles. The predicted octanol–water partition coefficient (Wildman–Crippen LogP) is 4.96. The lowest BCUT2D eigenvalue weighted by atomic mass is 9.88. The number of benzene rings is 2. The Morgan fingerprint density at radius 2 is 1.85 bits per heavy atom. The van der Waals surface area contributed by atoms with E-state index in [1.165, 1.54) is 5.56 Å². The number of rotatable bonds is 6. The second-order valence-corrected chi connectivity index (χ2v) is 6.92. The van der Waals surface area contributed by atoms with E-state index in [-0.39, 0.29) is 0 Å². The molecule has 0 saturated heterocycles. The summed E-state index contributed by atoms with van der Waals surface area (Å²) >= 11 is 0. The molecule has 138 valence electrons. The Hall–Kier alpha value is -2.88. The minimum atomic E-state index is 0.536. The standard InChI is InChI=1S/C23H23NO3/c1-16-21(24-23(27-16)17-7-3-2-4-8-17)13-14-26-22-12-11-18(15-25)19-9-5-6-10-20(19)22/h2-4,7-8,11-12,15H,5-6,9-10,13-14H2,1H3. The minimum Gasteiger partial charge on any atom is -0.493 e. The van der Waals surface area contributed by atoms with Crippen molar-refractivity contribution in [1.82, 2.24) is 4.98 Å². The lowest BCUT2D eigenvalue weighted by Gasteiger charge is -2.21. The fraction of sp³-hybridized carbons (Fsp3) is 0.304. The van der Waals surface area contributed by atoms with Crippen LogP contribution < -0.4 is 4.74 Å². The van der Waals surface area contributed by atoms with E-state index in [0.29, 0.717) is 18.9 Å². The highest BCUT2D eigenvalue weighted by molar-refractivity contribution is 5.79. The van der Waals surface area contributed by atoms with Crippen LogP contribution in [-0.2, 0) is 19.3 Å². The van der Waals surface area contributed by atoms with Gasteiger partial charge in [0.1, 0.15) is 17.8 Å². The van der Waals surface area contributed by atoms with Crippen molar-refractivity contribution in [3.05, 3.63) is 70.6 Å². The van der Waals surface area contributed by atoms with Gasteiger partial charge in [0.15, 0.2) is 0 Å². The van der Waals surface area contributed by atoms with Crippen molar-refractivity contribution in [2.75, 3.05) is 6.61 Å². The van der Waals surface area contributed by atoms with Crippen molar-refractivity contribution in [2.24, 2.45) is 0 Å². The van der Waals surface area contributed by atoms with E-state index in [2.05, 4.69) is 4.98 Å². The summed E-state index contributed by atoms with van der Waals surface area (Å²) in [7, 11) is 0. The van der Waals surface area contributed by atoms with Crippen LogP contribution in [-0.4, -0.2) is 17.9 Å². The zero-order valence-electron chi connectivity index (χ0n) is 15.5. The van der Waals surface area contributed by atoms with Crippen LogP contribution in [0.2, 0.25) is 0 Å². The van der Waals surface area contributed by atoms with E-state index in [4.69, 9.17) is 9.15 Å². The van der Waals surface area contributed by atoms with Gasteiger partial charge in [-0.05, 0) is 68.0 Å². The summed E-state index contributed by atoms with van der Waals surface area (Å²) in [6.07, 6.45) is 5.87. The number of hydrogen-bond acceptors (Lipinski definition) is 4. The van der Waals surface area contributed by atoms with Crippen molar-refractivity contribution in [1.29, 1.82) is 0 Å². The van der Waals surface area contributed by atoms with Crippen molar-refractivity contribution in [3.63, 3.8) is 0 Å². The molecule has 0 saturated carbocycles. The van der Waals surface area contributed by atoms with Gasteiger partial charge in [0, 0.05) is 17.5 Å². The number of aromatic nitrogens is 1. The number of aryl methyl sites for hydroxylation is 1. The van der Waals surface area contributed by atoms with Crippen LogP contribution in [0.25, 0.3) is 11.5 Å². The van der Waals surface area contributed by atoms with E-state index in [1.54, 1.807) is 0 Å². The van der Waals surface area contributed by atoms with E-state index in [1.807, 2.05) is 49.4 Å². The first-order valence-electron chi connectivity index (χ1n) is 9.50. The Morgan fingerprint density at radius 1 is 1.07 bits per heavy atom. The summed E-state index contributed by atoms with van der Waals surface area (Å²) in [6.45, 7) is 2.48. The molecular weight excluding hydrogens is 338 g/mol. The zero-order valence-corrected chi connectivity index (χ0v) is 15.5. The molecule has 0 amide bonds. The third-order valence-electron chi connectivity index (χ3n) is 5.16. The first-order chi connectivity index (χ1) is 13.3. The number of oxazole rings is 1. The number of carbonyl (C=O) groups excluding carboxylic acids is 1. The first-order valence-corrected chi connectivity index (χ1v) is 9.50. The summed E-state index contributed by atoms with van der Waals surface area (Å²) in [5.74, 6) is 2.38. The Morgan fingerprint density at radius 3 is 2.63 bits per heavy atom. The van der Waals surface area contributed by atoms with Gasteiger partial charge in [0.2, 0.25) is 5.89 Å². The van der Waals surface area contributed by atoms with Crippen LogP contribution in [0.15, 0.2) is 46.9 Å². The third-order valence-corrected chi connectivity index (χ3v) is 5.16. The van der Waals surface area contributed by atoms with Gasteiger partial charge in [-0.3, -0.25) is 4.79 Å². The number of hydrogen-bond donors (Lipinski definition) is 0. The van der Waals surface area contributed by atoms with Gasteiger partial charge < -0.3 is 9.15 Å². The van der Waals surface area contributed by atoms with Gasteiger partial charge in [-0.1, -0.05) is 18.2 Å². The smallest absolute Gasteiger partial charge is 0.226 e. The largest absolute Gasteiger partial charge is 0.493 e. The summed E-state index contributed by atoms with van der Waals surface area (Å²) in [5.41, 5.74) is 5.07. The van der Waals surface area contributed by atoms with Crippen molar-refractivity contribution >= 4 is 6.29 Å². The molecule has 0 radical (unpaired) electrons. The van der Waals surface area contributed by atoms with E-state index in [0.717, 1.165) is 65.9 Å². The Kier molecular flexibility index (Phi) is 5.05. The molecular formula is C23H23NO3. The Bertz CT molecular complexity index is 944.